The van der Waals surface area contributed by atoms with Crippen LogP contribution in [-0.4, -0.2) is 42.6 Å². The van der Waals surface area contributed by atoms with Gasteiger partial charge < -0.3 is 20.6 Å². The smallest absolute Gasteiger partial charge is 0.431 e. The molecule has 3 N–H and O–H groups in total. The molecular formula is C13H17F3N2O4. The molecule has 1 aliphatic carbocycles. The maximum absolute atomic E-state index is 13.0. The van der Waals surface area contributed by atoms with Gasteiger partial charge in [-0.25, -0.2) is 4.79 Å². The van der Waals surface area contributed by atoms with Crippen molar-refractivity contribution in [3.05, 3.63) is 11.3 Å². The van der Waals surface area contributed by atoms with Gasteiger partial charge in [0, 0.05) is 12.3 Å². The SMILES string of the molecule is COC(=O)[C@H]1CC[C@@H](N/C(=C(\C=N)C(=O)O)C(F)(F)F)CC1. The van der Waals surface area contributed by atoms with E-state index in [1.165, 1.54) is 7.11 Å². The van der Waals surface area contributed by atoms with Crippen molar-refractivity contribution in [2.24, 2.45) is 5.92 Å². The number of ether oxygens (including phenoxy) is 1. The molecule has 0 saturated heterocycles. The quantitative estimate of drug-likeness (QED) is 0.407. The van der Waals surface area contributed by atoms with Crippen molar-refractivity contribution in [3.8, 4) is 0 Å². The maximum Gasteiger partial charge on any atom is 0.431 e. The molecular weight excluding hydrogens is 305 g/mol. The molecule has 1 saturated carbocycles. The molecule has 0 heterocycles. The van der Waals surface area contributed by atoms with Crippen LogP contribution in [0.4, 0.5) is 13.2 Å². The van der Waals surface area contributed by atoms with Crippen molar-refractivity contribution in [1.82, 2.24) is 5.32 Å². The average Bonchev–Trinajstić information content (AvgIpc) is 2.45. The van der Waals surface area contributed by atoms with Gasteiger partial charge in [-0.05, 0) is 25.7 Å². The lowest BCUT2D eigenvalue weighted by atomic mass is 9.86. The zero-order chi connectivity index (χ0) is 16.9. The number of hydrogen-bond acceptors (Lipinski definition) is 5. The van der Waals surface area contributed by atoms with Crippen LogP contribution in [0.5, 0.6) is 0 Å². The van der Waals surface area contributed by atoms with E-state index in [0.29, 0.717) is 12.8 Å². The second-order valence-electron chi connectivity index (χ2n) is 4.95. The van der Waals surface area contributed by atoms with Gasteiger partial charge in [-0.1, -0.05) is 0 Å². The standard InChI is InChI=1S/C13H17F3N2O4/c1-22-12(21)7-2-4-8(5-3-7)18-10(13(14,15)16)9(6-17)11(19)20/h6-8,17-18H,2-5H2,1H3,(H,19,20)/b10-9+,17-6?/t7-,8+. The fraction of sp³-hybridized carbons (Fsp3) is 0.615. The van der Waals surface area contributed by atoms with E-state index in [1.807, 2.05) is 0 Å². The van der Waals surface area contributed by atoms with E-state index >= 15 is 0 Å². The Bertz CT molecular complexity index is 480. The number of hydrogen-bond donors (Lipinski definition) is 3. The molecule has 0 aliphatic heterocycles. The van der Waals surface area contributed by atoms with Crippen molar-refractivity contribution in [3.63, 3.8) is 0 Å². The Balaban J connectivity index is 2.84. The Morgan fingerprint density at radius 2 is 1.82 bits per heavy atom. The van der Waals surface area contributed by atoms with Crippen LogP contribution in [0.1, 0.15) is 25.7 Å². The second kappa shape index (κ2) is 7.28. The number of carbonyl (C=O) groups is 2. The van der Waals surface area contributed by atoms with Crippen molar-refractivity contribution < 1.29 is 32.6 Å². The van der Waals surface area contributed by atoms with Crippen LogP contribution in [0.25, 0.3) is 0 Å². The van der Waals surface area contributed by atoms with E-state index in [2.05, 4.69) is 10.1 Å². The first kappa shape index (κ1) is 18.0. The fourth-order valence-corrected chi connectivity index (χ4v) is 2.40. The van der Waals surface area contributed by atoms with Crippen LogP contribution in [-0.2, 0) is 14.3 Å². The number of esters is 1. The highest BCUT2D eigenvalue weighted by atomic mass is 19.4. The molecule has 0 radical (unpaired) electrons. The third-order valence-corrected chi connectivity index (χ3v) is 3.54. The molecule has 0 amide bonds. The summed E-state index contributed by atoms with van der Waals surface area (Å²) in [4.78, 5) is 22.2. The van der Waals surface area contributed by atoms with E-state index in [-0.39, 0.29) is 25.0 Å². The van der Waals surface area contributed by atoms with Gasteiger partial charge in [0.25, 0.3) is 0 Å². The zero-order valence-electron chi connectivity index (χ0n) is 11.9. The van der Waals surface area contributed by atoms with E-state index in [9.17, 15) is 22.8 Å². The Hall–Kier alpha value is -2.06. The summed E-state index contributed by atoms with van der Waals surface area (Å²) in [6, 6.07) is -0.605. The number of rotatable bonds is 5. The number of methoxy groups -OCH3 is 1. The number of aliphatic carboxylic acids is 1. The van der Waals surface area contributed by atoms with Crippen molar-refractivity contribution in [2.45, 2.75) is 37.9 Å². The molecule has 124 valence electrons. The van der Waals surface area contributed by atoms with Crippen molar-refractivity contribution in [1.29, 1.82) is 5.41 Å². The van der Waals surface area contributed by atoms with E-state index < -0.39 is 35.4 Å². The monoisotopic (exact) mass is 322 g/mol. The lowest BCUT2D eigenvalue weighted by Crippen LogP contribution is -2.40. The first-order chi connectivity index (χ1) is 10.2. The summed E-state index contributed by atoms with van der Waals surface area (Å²) in [5.74, 6) is -2.56. The molecule has 0 bridgehead atoms. The van der Waals surface area contributed by atoms with Crippen LogP contribution in [0, 0.1) is 11.3 Å². The van der Waals surface area contributed by atoms with Crippen LogP contribution in [0.15, 0.2) is 11.3 Å². The van der Waals surface area contributed by atoms with Gasteiger partial charge in [0.05, 0.1) is 13.0 Å². The highest BCUT2D eigenvalue weighted by Gasteiger charge is 2.40. The van der Waals surface area contributed by atoms with Crippen molar-refractivity contribution in [2.75, 3.05) is 7.11 Å². The third kappa shape index (κ3) is 4.47. The Morgan fingerprint density at radius 3 is 2.18 bits per heavy atom. The average molecular weight is 322 g/mol. The van der Waals surface area contributed by atoms with Crippen molar-refractivity contribution >= 4 is 18.2 Å². The summed E-state index contributed by atoms with van der Waals surface area (Å²) in [6.07, 6.45) is -3.44. The van der Waals surface area contributed by atoms with Gasteiger partial charge in [0.1, 0.15) is 11.3 Å². The molecule has 1 rings (SSSR count). The van der Waals surface area contributed by atoms with Gasteiger partial charge >= 0.3 is 18.1 Å². The number of carbonyl (C=O) groups excluding carboxylic acids is 1. The second-order valence-corrected chi connectivity index (χ2v) is 4.95. The normalized spacial score (nSPS) is 23.3. The number of carboxylic acid groups (broad SMARTS) is 1. The molecule has 0 aromatic rings. The summed E-state index contributed by atoms with van der Waals surface area (Å²) >= 11 is 0. The number of halogens is 3. The first-order valence-corrected chi connectivity index (χ1v) is 6.60. The Labute approximate surface area is 124 Å². The van der Waals surface area contributed by atoms with Gasteiger partial charge in [0.15, 0.2) is 0 Å². The van der Waals surface area contributed by atoms with Gasteiger partial charge in [-0.2, -0.15) is 13.2 Å². The molecule has 0 spiro atoms. The molecule has 6 nitrogen and oxygen atoms in total. The minimum Gasteiger partial charge on any atom is -0.478 e. The lowest BCUT2D eigenvalue weighted by molar-refractivity contribution is -0.146. The summed E-state index contributed by atoms with van der Waals surface area (Å²) in [6.45, 7) is 0. The molecule has 22 heavy (non-hydrogen) atoms. The van der Waals surface area contributed by atoms with Crippen LogP contribution in [0.3, 0.4) is 0 Å². The van der Waals surface area contributed by atoms with E-state index in [0.717, 1.165) is 0 Å². The predicted molar refractivity (Wildman–Crippen MR) is 70.4 cm³/mol. The summed E-state index contributed by atoms with van der Waals surface area (Å²) in [7, 11) is 1.25. The lowest BCUT2D eigenvalue weighted by Gasteiger charge is -2.30. The van der Waals surface area contributed by atoms with Gasteiger partial charge in [-0.15, -0.1) is 0 Å². The molecule has 9 heteroatoms. The molecule has 0 atom stereocenters. The maximum atomic E-state index is 13.0. The highest BCUT2D eigenvalue weighted by molar-refractivity contribution is 6.08. The number of alkyl halides is 3. The number of nitrogens with one attached hydrogen (secondary N) is 2. The third-order valence-electron chi connectivity index (χ3n) is 3.54. The van der Waals surface area contributed by atoms with Crippen LogP contribution < -0.4 is 5.32 Å². The summed E-state index contributed by atoms with van der Waals surface area (Å²) < 4.78 is 43.5. The van der Waals surface area contributed by atoms with Gasteiger partial charge in [-0.3, -0.25) is 4.79 Å². The van der Waals surface area contributed by atoms with Gasteiger partial charge in [0.2, 0.25) is 0 Å². The first-order valence-electron chi connectivity index (χ1n) is 6.60. The predicted octanol–water partition coefficient (Wildman–Crippen LogP) is 1.86. The molecule has 0 aromatic heterocycles. The largest absolute Gasteiger partial charge is 0.478 e. The molecule has 1 aliphatic rings. The summed E-state index contributed by atoms with van der Waals surface area (Å²) in [5, 5.41) is 17.8. The topological polar surface area (TPSA) is 99.5 Å². The minimum atomic E-state index is -4.90. The number of allylic oxidation sites excluding steroid dienone is 1. The zero-order valence-corrected chi connectivity index (χ0v) is 11.9. The Kier molecular flexibility index (Phi) is 5.95. The summed E-state index contributed by atoms with van der Waals surface area (Å²) in [5.41, 5.74) is -2.57. The minimum absolute atomic E-state index is 0.165. The Morgan fingerprint density at radius 1 is 1.27 bits per heavy atom. The van der Waals surface area contributed by atoms with Crippen LogP contribution in [0.2, 0.25) is 0 Å². The highest BCUT2D eigenvalue weighted by Crippen LogP contribution is 2.30. The molecule has 0 aromatic carbocycles. The molecule has 0 unspecified atom stereocenters. The van der Waals surface area contributed by atoms with E-state index in [1.54, 1.807) is 0 Å². The fourth-order valence-electron chi connectivity index (χ4n) is 2.40. The van der Waals surface area contributed by atoms with Crippen LogP contribution >= 0.6 is 0 Å². The number of carboxylic acids is 1. The molecule has 1 fully saturated rings. The van der Waals surface area contributed by atoms with E-state index in [4.69, 9.17) is 10.5 Å².